The number of para-hydroxylation sites is 1. The van der Waals surface area contributed by atoms with Crippen molar-refractivity contribution in [1.29, 1.82) is 0 Å². The van der Waals surface area contributed by atoms with Crippen LogP contribution in [0.4, 0.5) is 5.82 Å². The van der Waals surface area contributed by atoms with E-state index in [9.17, 15) is 0 Å². The van der Waals surface area contributed by atoms with Crippen LogP contribution in [0.15, 0.2) is 60.9 Å². The number of nitrogens with two attached hydrogens (primary N) is 1. The highest BCUT2D eigenvalue weighted by Gasteiger charge is 2.24. The van der Waals surface area contributed by atoms with Gasteiger partial charge in [-0.3, -0.25) is 0 Å². The van der Waals surface area contributed by atoms with Gasteiger partial charge in [-0.05, 0) is 60.7 Å². The van der Waals surface area contributed by atoms with Crippen molar-refractivity contribution in [2.24, 2.45) is 0 Å². The second-order valence-electron chi connectivity index (χ2n) is 7.55. The number of rotatable bonds is 4. The molecule has 0 unspecified atom stereocenters. The van der Waals surface area contributed by atoms with Crippen molar-refractivity contribution in [1.82, 2.24) is 9.97 Å². The summed E-state index contributed by atoms with van der Waals surface area (Å²) in [4.78, 5) is 11.4. The first-order chi connectivity index (χ1) is 14.3. The zero-order valence-corrected chi connectivity index (χ0v) is 17.0. The number of thiophene rings is 1. The number of nitrogen functional groups attached to an aromatic ring is 1. The maximum Gasteiger partial charge on any atom is 0.136 e. The van der Waals surface area contributed by atoms with E-state index in [0.717, 1.165) is 32.8 Å². The molecule has 0 spiro atoms. The monoisotopic (exact) mass is 401 g/mol. The third kappa shape index (κ3) is 3.58. The molecule has 1 aliphatic carbocycles. The third-order valence-electron chi connectivity index (χ3n) is 5.62. The number of anilines is 1. The molecule has 0 bridgehead atoms. The van der Waals surface area contributed by atoms with E-state index in [4.69, 9.17) is 10.5 Å². The molecule has 29 heavy (non-hydrogen) atoms. The number of aromatic nitrogens is 2. The predicted molar refractivity (Wildman–Crippen MR) is 120 cm³/mol. The molecular formula is C24H23N3OS. The summed E-state index contributed by atoms with van der Waals surface area (Å²) >= 11 is 1.83. The Morgan fingerprint density at radius 3 is 2.34 bits per heavy atom. The van der Waals surface area contributed by atoms with Gasteiger partial charge in [0.15, 0.2) is 0 Å². The molecular weight excluding hydrogens is 378 g/mol. The van der Waals surface area contributed by atoms with Crippen LogP contribution in [0.25, 0.3) is 21.3 Å². The lowest BCUT2D eigenvalue weighted by atomic mass is 9.87. The number of benzene rings is 2. The molecule has 2 aromatic heterocycles. The second kappa shape index (κ2) is 7.84. The second-order valence-corrected chi connectivity index (χ2v) is 8.60. The molecule has 0 saturated heterocycles. The van der Waals surface area contributed by atoms with Crippen LogP contribution in [0, 0.1) is 0 Å². The summed E-state index contributed by atoms with van der Waals surface area (Å²) in [6, 6.07) is 18.0. The van der Waals surface area contributed by atoms with E-state index in [1.807, 2.05) is 53.8 Å². The van der Waals surface area contributed by atoms with Crippen molar-refractivity contribution in [3.05, 3.63) is 65.8 Å². The molecule has 5 rings (SSSR count). The molecule has 0 atom stereocenters. The van der Waals surface area contributed by atoms with Gasteiger partial charge in [0.05, 0.1) is 10.9 Å². The van der Waals surface area contributed by atoms with Crippen molar-refractivity contribution in [3.8, 4) is 21.9 Å². The number of nitrogens with zero attached hydrogens (tertiary/aromatic N) is 2. The van der Waals surface area contributed by atoms with Gasteiger partial charge < -0.3 is 10.5 Å². The minimum atomic E-state index is 0.563. The van der Waals surface area contributed by atoms with Crippen LogP contribution >= 0.6 is 11.3 Å². The molecule has 2 aromatic carbocycles. The Morgan fingerprint density at radius 1 is 0.862 bits per heavy atom. The maximum atomic E-state index is 6.30. The van der Waals surface area contributed by atoms with E-state index < -0.39 is 0 Å². The fourth-order valence-electron chi connectivity index (χ4n) is 4.16. The first-order valence-corrected chi connectivity index (χ1v) is 11.0. The summed E-state index contributed by atoms with van der Waals surface area (Å²) in [5.74, 6) is 2.80. The minimum Gasteiger partial charge on any atom is -0.457 e. The van der Waals surface area contributed by atoms with Crippen LogP contribution < -0.4 is 10.5 Å². The molecule has 4 nitrogen and oxygen atoms in total. The average Bonchev–Trinajstić information content (AvgIpc) is 3.17. The summed E-state index contributed by atoms with van der Waals surface area (Å²) in [5, 5.41) is 0.995. The Bertz CT molecular complexity index is 1120. The Labute approximate surface area is 174 Å². The van der Waals surface area contributed by atoms with Gasteiger partial charge in [0.1, 0.15) is 23.6 Å². The van der Waals surface area contributed by atoms with Crippen LogP contribution in [-0.4, -0.2) is 9.97 Å². The molecule has 1 saturated carbocycles. The first kappa shape index (κ1) is 18.1. The zero-order chi connectivity index (χ0) is 19.6. The number of fused-ring (bicyclic) bond motifs is 1. The molecule has 146 valence electrons. The van der Waals surface area contributed by atoms with Crippen molar-refractivity contribution >= 4 is 28.1 Å². The molecule has 4 aromatic rings. The van der Waals surface area contributed by atoms with Crippen LogP contribution in [0.3, 0.4) is 0 Å². The molecule has 0 radical (unpaired) electrons. The van der Waals surface area contributed by atoms with Crippen molar-refractivity contribution in [3.63, 3.8) is 0 Å². The van der Waals surface area contributed by atoms with E-state index in [1.165, 1.54) is 37.0 Å². The molecule has 2 N–H and O–H groups in total. The number of hydrogen-bond donors (Lipinski definition) is 1. The Hall–Kier alpha value is -2.92. The van der Waals surface area contributed by atoms with Gasteiger partial charge in [-0.2, -0.15) is 0 Å². The molecule has 1 fully saturated rings. The van der Waals surface area contributed by atoms with Gasteiger partial charge in [0.2, 0.25) is 0 Å². The third-order valence-corrected chi connectivity index (χ3v) is 7.01. The molecule has 0 amide bonds. The first-order valence-electron chi connectivity index (χ1n) is 10.2. The number of hydrogen-bond acceptors (Lipinski definition) is 5. The summed E-state index contributed by atoms with van der Waals surface area (Å²) in [6.45, 7) is 0. The van der Waals surface area contributed by atoms with Gasteiger partial charge in [0, 0.05) is 9.75 Å². The smallest absolute Gasteiger partial charge is 0.136 e. The summed E-state index contributed by atoms with van der Waals surface area (Å²) in [6.07, 6.45) is 8.01. The standard InChI is InChI=1S/C24H23N3OS/c25-24-20-21(26-15-27-24)23(16-7-3-1-4-8-16)29-22(20)17-11-13-19(14-12-17)28-18-9-5-2-6-10-18/h2,5-6,9-16H,1,3-4,7-8H2,(H2,25,26,27). The summed E-state index contributed by atoms with van der Waals surface area (Å²) in [5.41, 5.74) is 8.46. The number of ether oxygens (including phenoxy) is 1. The highest BCUT2D eigenvalue weighted by molar-refractivity contribution is 7.17. The quantitative estimate of drug-likeness (QED) is 0.409. The van der Waals surface area contributed by atoms with Crippen LogP contribution in [0.5, 0.6) is 11.5 Å². The lowest BCUT2D eigenvalue weighted by molar-refractivity contribution is 0.449. The van der Waals surface area contributed by atoms with Gasteiger partial charge in [-0.1, -0.05) is 37.5 Å². The summed E-state index contributed by atoms with van der Waals surface area (Å²) < 4.78 is 5.93. The van der Waals surface area contributed by atoms with Gasteiger partial charge in [-0.15, -0.1) is 11.3 Å². The highest BCUT2D eigenvalue weighted by Crippen LogP contribution is 2.46. The van der Waals surface area contributed by atoms with E-state index >= 15 is 0 Å². The van der Waals surface area contributed by atoms with Crippen LogP contribution in [0.1, 0.15) is 42.9 Å². The SMILES string of the molecule is Nc1ncnc2c(C3CCCCC3)sc(-c3ccc(Oc4ccccc4)cc3)c12. The fraction of sp³-hybridized carbons (Fsp3) is 0.250. The van der Waals surface area contributed by atoms with Gasteiger partial charge in [-0.25, -0.2) is 9.97 Å². The van der Waals surface area contributed by atoms with Gasteiger partial charge >= 0.3 is 0 Å². The highest BCUT2D eigenvalue weighted by atomic mass is 32.1. The molecule has 0 aliphatic heterocycles. The largest absolute Gasteiger partial charge is 0.457 e. The van der Waals surface area contributed by atoms with Crippen LogP contribution in [0.2, 0.25) is 0 Å². The van der Waals surface area contributed by atoms with E-state index in [-0.39, 0.29) is 0 Å². The van der Waals surface area contributed by atoms with E-state index in [2.05, 4.69) is 22.1 Å². The maximum absolute atomic E-state index is 6.30. The molecule has 2 heterocycles. The molecule has 5 heteroatoms. The predicted octanol–water partition coefficient (Wildman–Crippen LogP) is 6.78. The van der Waals surface area contributed by atoms with E-state index in [1.54, 1.807) is 6.33 Å². The van der Waals surface area contributed by atoms with Gasteiger partial charge in [0.25, 0.3) is 0 Å². The van der Waals surface area contributed by atoms with Crippen molar-refractivity contribution in [2.75, 3.05) is 5.73 Å². The van der Waals surface area contributed by atoms with Crippen LogP contribution in [-0.2, 0) is 0 Å². The minimum absolute atomic E-state index is 0.563. The zero-order valence-electron chi connectivity index (χ0n) is 16.2. The Kier molecular flexibility index (Phi) is 4.90. The lowest BCUT2D eigenvalue weighted by Crippen LogP contribution is -2.03. The molecule has 1 aliphatic rings. The van der Waals surface area contributed by atoms with Crippen molar-refractivity contribution < 1.29 is 4.74 Å². The summed E-state index contributed by atoms with van der Waals surface area (Å²) in [7, 11) is 0. The van der Waals surface area contributed by atoms with E-state index in [0.29, 0.717) is 11.7 Å². The Morgan fingerprint density at radius 2 is 1.59 bits per heavy atom. The Balaban J connectivity index is 1.52. The average molecular weight is 402 g/mol. The van der Waals surface area contributed by atoms with Crippen molar-refractivity contribution in [2.45, 2.75) is 38.0 Å². The normalized spacial score (nSPS) is 14.9. The lowest BCUT2D eigenvalue weighted by Gasteiger charge is -2.20. The topological polar surface area (TPSA) is 61.0 Å². The fourth-order valence-corrected chi connectivity index (χ4v) is 5.59.